The molecule has 0 spiro atoms. The van der Waals surface area contributed by atoms with Gasteiger partial charge in [0.25, 0.3) is 5.91 Å². The lowest BCUT2D eigenvalue weighted by Gasteiger charge is -2.27. The average molecular weight is 483 g/mol. The summed E-state index contributed by atoms with van der Waals surface area (Å²) in [5, 5.41) is 11.7. The van der Waals surface area contributed by atoms with Crippen molar-refractivity contribution in [1.29, 1.82) is 0 Å². The molecule has 1 unspecified atom stereocenters. The van der Waals surface area contributed by atoms with Gasteiger partial charge in [-0.3, -0.25) is 19.5 Å². The van der Waals surface area contributed by atoms with Crippen LogP contribution in [0.2, 0.25) is 0 Å². The molecular formula is C29H26N2O5. The van der Waals surface area contributed by atoms with E-state index in [0.717, 1.165) is 5.56 Å². The largest absolute Gasteiger partial charge is 0.503 e. The van der Waals surface area contributed by atoms with Crippen LogP contribution in [0, 0.1) is 0 Å². The second-order valence-electron chi connectivity index (χ2n) is 9.74. The molecule has 4 aromatic rings. The minimum atomic E-state index is -0.858. The summed E-state index contributed by atoms with van der Waals surface area (Å²) in [6.07, 6.45) is 3.18. The van der Waals surface area contributed by atoms with E-state index in [0.29, 0.717) is 28.0 Å². The second kappa shape index (κ2) is 8.68. The number of amides is 1. The molecular weight excluding hydrogens is 456 g/mol. The number of carbonyl (C=O) groups excluding carboxylic acids is 2. The maximum Gasteiger partial charge on any atom is 0.294 e. The number of aliphatic hydroxyl groups excluding tert-OH is 1. The van der Waals surface area contributed by atoms with Gasteiger partial charge in [0.1, 0.15) is 0 Å². The number of carbonyl (C=O) groups is 2. The van der Waals surface area contributed by atoms with E-state index in [-0.39, 0.29) is 16.7 Å². The number of ketones is 1. The number of nitrogens with zero attached hydrogens (tertiary/aromatic N) is 2. The number of methoxy groups -OCH3 is 1. The molecule has 0 radical (unpaired) electrons. The van der Waals surface area contributed by atoms with Crippen molar-refractivity contribution in [3.63, 3.8) is 0 Å². The fourth-order valence-corrected chi connectivity index (χ4v) is 4.53. The number of hydrogen-bond donors (Lipinski definition) is 1. The summed E-state index contributed by atoms with van der Waals surface area (Å²) in [6.45, 7) is 6.32. The van der Waals surface area contributed by atoms with E-state index in [9.17, 15) is 14.7 Å². The number of pyridine rings is 1. The molecule has 7 heteroatoms. The van der Waals surface area contributed by atoms with Crippen LogP contribution in [0.15, 0.2) is 88.8 Å². The number of Topliss-reactive ketones (excluding diaryl/α,β-unsaturated/α-hetero) is 1. The summed E-state index contributed by atoms with van der Waals surface area (Å²) in [5.74, 6) is -1.34. The Bertz CT molecular complexity index is 1490. The number of para-hydroxylation sites is 1. The number of rotatable bonds is 5. The van der Waals surface area contributed by atoms with Gasteiger partial charge < -0.3 is 14.3 Å². The molecule has 1 atom stereocenters. The molecule has 3 heterocycles. The molecule has 2 aromatic heterocycles. The number of hydrogen-bond acceptors (Lipinski definition) is 6. The molecule has 1 aliphatic rings. The predicted octanol–water partition coefficient (Wildman–Crippen LogP) is 5.92. The van der Waals surface area contributed by atoms with E-state index in [1.165, 1.54) is 12.0 Å². The molecule has 5 rings (SSSR count). The first-order chi connectivity index (χ1) is 17.2. The van der Waals surface area contributed by atoms with Crippen LogP contribution in [0.4, 0.5) is 5.69 Å². The monoisotopic (exact) mass is 482 g/mol. The number of furan rings is 1. The Hall–Kier alpha value is -4.39. The molecule has 0 saturated carbocycles. The van der Waals surface area contributed by atoms with Crippen LogP contribution in [-0.4, -0.2) is 28.9 Å². The molecule has 1 N–H and O–H groups in total. The maximum atomic E-state index is 13.8. The highest BCUT2D eigenvalue weighted by molar-refractivity contribution is 6.20. The Morgan fingerprint density at radius 3 is 2.39 bits per heavy atom. The number of benzene rings is 2. The number of ether oxygens (including phenoxy) is 1. The molecule has 2 aromatic carbocycles. The fourth-order valence-electron chi connectivity index (χ4n) is 4.53. The molecule has 7 nitrogen and oxygen atoms in total. The third-order valence-electron chi connectivity index (χ3n) is 6.44. The van der Waals surface area contributed by atoms with Crippen LogP contribution in [-0.2, 0) is 10.2 Å². The number of aromatic nitrogens is 1. The summed E-state index contributed by atoms with van der Waals surface area (Å²) in [5.41, 5.74) is 2.60. The summed E-state index contributed by atoms with van der Waals surface area (Å²) < 4.78 is 11.2. The minimum absolute atomic E-state index is 0.00726. The normalized spacial score (nSPS) is 16.2. The van der Waals surface area contributed by atoms with Crippen LogP contribution in [0.3, 0.4) is 0 Å². The van der Waals surface area contributed by atoms with Gasteiger partial charge in [0.2, 0.25) is 5.78 Å². The lowest BCUT2D eigenvalue weighted by atomic mass is 9.87. The highest BCUT2D eigenvalue weighted by Gasteiger charge is 2.45. The Morgan fingerprint density at radius 1 is 1.06 bits per heavy atom. The van der Waals surface area contributed by atoms with Crippen molar-refractivity contribution >= 4 is 28.3 Å². The Balaban J connectivity index is 1.62. The Morgan fingerprint density at radius 2 is 1.75 bits per heavy atom. The molecule has 1 amide bonds. The highest BCUT2D eigenvalue weighted by Crippen LogP contribution is 2.43. The van der Waals surface area contributed by atoms with Crippen molar-refractivity contribution in [2.75, 3.05) is 12.0 Å². The maximum absolute atomic E-state index is 13.8. The summed E-state index contributed by atoms with van der Waals surface area (Å²) in [6, 6.07) is 17.1. The molecule has 0 saturated heterocycles. The Kier molecular flexibility index (Phi) is 5.63. The third-order valence-corrected chi connectivity index (χ3v) is 6.44. The van der Waals surface area contributed by atoms with Crippen molar-refractivity contribution in [3.8, 4) is 5.75 Å². The predicted molar refractivity (Wildman–Crippen MR) is 136 cm³/mol. The first-order valence-corrected chi connectivity index (χ1v) is 11.6. The van der Waals surface area contributed by atoms with E-state index in [2.05, 4.69) is 25.8 Å². The fraction of sp³-hybridized carbons (Fsp3) is 0.207. The summed E-state index contributed by atoms with van der Waals surface area (Å²) >= 11 is 0. The number of aliphatic hydroxyl groups is 1. The lowest BCUT2D eigenvalue weighted by Crippen LogP contribution is -2.31. The second-order valence-corrected chi connectivity index (χ2v) is 9.74. The molecule has 0 fully saturated rings. The molecule has 36 heavy (non-hydrogen) atoms. The van der Waals surface area contributed by atoms with Gasteiger partial charge in [0.05, 0.1) is 18.7 Å². The van der Waals surface area contributed by atoms with Crippen molar-refractivity contribution in [1.82, 2.24) is 4.98 Å². The van der Waals surface area contributed by atoms with Gasteiger partial charge in [-0.05, 0) is 52.9 Å². The smallest absolute Gasteiger partial charge is 0.294 e. The van der Waals surface area contributed by atoms with Gasteiger partial charge in [-0.2, -0.15) is 0 Å². The van der Waals surface area contributed by atoms with E-state index in [1.54, 1.807) is 48.8 Å². The van der Waals surface area contributed by atoms with Crippen molar-refractivity contribution < 1.29 is 23.8 Å². The van der Waals surface area contributed by atoms with Crippen molar-refractivity contribution in [3.05, 3.63) is 101 Å². The third kappa shape index (κ3) is 3.82. The van der Waals surface area contributed by atoms with Gasteiger partial charge >= 0.3 is 0 Å². The van der Waals surface area contributed by atoms with E-state index in [1.807, 2.05) is 24.3 Å². The molecule has 182 valence electrons. The first kappa shape index (κ1) is 23.4. The summed E-state index contributed by atoms with van der Waals surface area (Å²) in [4.78, 5) is 32.7. The Labute approximate surface area is 208 Å². The van der Waals surface area contributed by atoms with Gasteiger partial charge in [0.15, 0.2) is 22.9 Å². The van der Waals surface area contributed by atoms with Crippen LogP contribution in [0.5, 0.6) is 5.75 Å². The SMILES string of the molecule is COc1cccc2cc(C(=O)C3=C(O)C(=O)N(c4ccc(C(C)(C)C)cc4)C3c3ccncc3)oc12. The van der Waals surface area contributed by atoms with Gasteiger partial charge in [-0.25, -0.2) is 0 Å². The summed E-state index contributed by atoms with van der Waals surface area (Å²) in [7, 11) is 1.52. The zero-order valence-electron chi connectivity index (χ0n) is 20.5. The van der Waals surface area contributed by atoms with Crippen LogP contribution in [0.1, 0.15) is 48.5 Å². The highest BCUT2D eigenvalue weighted by atomic mass is 16.5. The minimum Gasteiger partial charge on any atom is -0.503 e. The van der Waals surface area contributed by atoms with E-state index < -0.39 is 23.5 Å². The number of anilines is 1. The zero-order valence-corrected chi connectivity index (χ0v) is 20.5. The quantitative estimate of drug-likeness (QED) is 0.355. The molecule has 1 aliphatic heterocycles. The van der Waals surface area contributed by atoms with Crippen LogP contribution < -0.4 is 9.64 Å². The van der Waals surface area contributed by atoms with Crippen LogP contribution in [0.25, 0.3) is 11.0 Å². The van der Waals surface area contributed by atoms with Gasteiger partial charge in [-0.1, -0.05) is 45.0 Å². The lowest BCUT2D eigenvalue weighted by molar-refractivity contribution is -0.117. The average Bonchev–Trinajstić information content (AvgIpc) is 3.43. The molecule has 0 bridgehead atoms. The first-order valence-electron chi connectivity index (χ1n) is 11.6. The molecule has 0 aliphatic carbocycles. The topological polar surface area (TPSA) is 92.9 Å². The van der Waals surface area contributed by atoms with E-state index >= 15 is 0 Å². The van der Waals surface area contributed by atoms with Gasteiger partial charge in [0, 0.05) is 23.5 Å². The van der Waals surface area contributed by atoms with Gasteiger partial charge in [-0.15, -0.1) is 0 Å². The van der Waals surface area contributed by atoms with Crippen molar-refractivity contribution in [2.45, 2.75) is 32.2 Å². The standard InChI is InChI=1S/C29H26N2O5/c1-29(2,3)19-8-10-20(11-9-19)31-24(17-12-14-30-15-13-17)23(26(33)28(31)34)25(32)22-16-18-6-5-7-21(35-4)27(18)36-22/h5-16,24,33H,1-4H3. The van der Waals surface area contributed by atoms with Crippen molar-refractivity contribution in [2.24, 2.45) is 0 Å². The van der Waals surface area contributed by atoms with E-state index in [4.69, 9.17) is 9.15 Å². The zero-order chi connectivity index (χ0) is 25.6. The van der Waals surface area contributed by atoms with Crippen LogP contribution >= 0.6 is 0 Å². The number of fused-ring (bicyclic) bond motifs is 1.